The molecule has 0 spiro atoms. The molecule has 0 unspecified atom stereocenters. The molecule has 0 fully saturated rings. The van der Waals surface area contributed by atoms with Crippen LogP contribution >= 0.6 is 11.3 Å². The zero-order chi connectivity index (χ0) is 11.7. The van der Waals surface area contributed by atoms with Crippen LogP contribution in [-0.2, 0) is 0 Å². The Labute approximate surface area is 96.1 Å². The molecule has 84 valence electrons. The molecule has 3 N–H and O–H groups in total. The average molecular weight is 237 g/mol. The predicted octanol–water partition coefficient (Wildman–Crippen LogP) is 0.679. The maximum atomic E-state index is 11.8. The Morgan fingerprint density at radius 1 is 1.50 bits per heavy atom. The van der Waals surface area contributed by atoms with Crippen molar-refractivity contribution in [2.24, 2.45) is 5.84 Å². The SMILES string of the molecule is CN(C)C(=O)c1cc2c(NN)ncnc2s1. The van der Waals surface area contributed by atoms with E-state index in [1.54, 1.807) is 20.2 Å². The topological polar surface area (TPSA) is 84.1 Å². The van der Waals surface area contributed by atoms with Gasteiger partial charge >= 0.3 is 0 Å². The molecule has 16 heavy (non-hydrogen) atoms. The lowest BCUT2D eigenvalue weighted by atomic mass is 10.3. The molecule has 0 aliphatic rings. The lowest BCUT2D eigenvalue weighted by Gasteiger charge is -2.06. The summed E-state index contributed by atoms with van der Waals surface area (Å²) in [6.45, 7) is 0. The lowest BCUT2D eigenvalue weighted by Crippen LogP contribution is -2.20. The Kier molecular flexibility index (Phi) is 2.71. The minimum Gasteiger partial charge on any atom is -0.344 e. The molecular formula is C9H11N5OS. The summed E-state index contributed by atoms with van der Waals surface area (Å²) in [6, 6.07) is 1.75. The Hall–Kier alpha value is -1.73. The molecule has 0 aliphatic heterocycles. The number of nitrogen functional groups attached to an aromatic ring is 1. The summed E-state index contributed by atoms with van der Waals surface area (Å²) in [5.41, 5.74) is 2.48. The number of fused-ring (bicyclic) bond motifs is 1. The molecule has 2 rings (SSSR count). The third kappa shape index (κ3) is 1.70. The zero-order valence-electron chi connectivity index (χ0n) is 8.89. The van der Waals surface area contributed by atoms with Crippen LogP contribution in [0.4, 0.5) is 5.82 Å². The third-order valence-corrected chi connectivity index (χ3v) is 3.11. The molecule has 7 heteroatoms. The standard InChI is InChI=1S/C9H11N5OS/c1-14(2)9(15)6-3-5-7(13-10)11-4-12-8(5)16-6/h3-4H,10H2,1-2H3,(H,11,12,13). The summed E-state index contributed by atoms with van der Waals surface area (Å²) in [6.07, 6.45) is 1.41. The fourth-order valence-electron chi connectivity index (χ4n) is 1.30. The highest BCUT2D eigenvalue weighted by molar-refractivity contribution is 7.20. The Bertz CT molecular complexity index is 536. The number of carbonyl (C=O) groups excluding carboxylic acids is 1. The Morgan fingerprint density at radius 2 is 2.25 bits per heavy atom. The van der Waals surface area contributed by atoms with Gasteiger partial charge in [0.15, 0.2) is 5.82 Å². The first-order valence-electron chi connectivity index (χ1n) is 4.56. The lowest BCUT2D eigenvalue weighted by molar-refractivity contribution is 0.0832. The van der Waals surface area contributed by atoms with Crippen molar-refractivity contribution in [2.45, 2.75) is 0 Å². The van der Waals surface area contributed by atoms with Crippen molar-refractivity contribution in [1.82, 2.24) is 14.9 Å². The van der Waals surface area contributed by atoms with Gasteiger partial charge in [0.05, 0.1) is 10.3 Å². The molecule has 0 saturated carbocycles. The molecule has 2 aromatic heterocycles. The van der Waals surface area contributed by atoms with Gasteiger partial charge in [-0.15, -0.1) is 11.3 Å². The zero-order valence-corrected chi connectivity index (χ0v) is 9.71. The van der Waals surface area contributed by atoms with Crippen LogP contribution in [0.3, 0.4) is 0 Å². The van der Waals surface area contributed by atoms with E-state index in [4.69, 9.17) is 5.84 Å². The van der Waals surface area contributed by atoms with Crippen LogP contribution in [0.25, 0.3) is 10.2 Å². The van der Waals surface area contributed by atoms with Gasteiger partial charge in [0.25, 0.3) is 5.91 Å². The highest BCUT2D eigenvalue weighted by atomic mass is 32.1. The second-order valence-corrected chi connectivity index (χ2v) is 4.43. The fraction of sp³-hybridized carbons (Fsp3) is 0.222. The second-order valence-electron chi connectivity index (χ2n) is 3.40. The van der Waals surface area contributed by atoms with Gasteiger partial charge in [-0.1, -0.05) is 0 Å². The van der Waals surface area contributed by atoms with Gasteiger partial charge in [0.1, 0.15) is 11.2 Å². The maximum absolute atomic E-state index is 11.8. The number of aromatic nitrogens is 2. The minimum atomic E-state index is -0.0500. The van der Waals surface area contributed by atoms with E-state index in [0.717, 1.165) is 10.2 Å². The van der Waals surface area contributed by atoms with Crippen molar-refractivity contribution < 1.29 is 4.79 Å². The molecule has 0 bridgehead atoms. The van der Waals surface area contributed by atoms with Crippen LogP contribution < -0.4 is 11.3 Å². The molecular weight excluding hydrogens is 226 g/mol. The molecule has 6 nitrogen and oxygen atoms in total. The molecule has 2 aromatic rings. The van der Waals surface area contributed by atoms with E-state index in [2.05, 4.69) is 15.4 Å². The van der Waals surface area contributed by atoms with E-state index in [0.29, 0.717) is 10.7 Å². The summed E-state index contributed by atoms with van der Waals surface area (Å²) >= 11 is 1.33. The fourth-order valence-corrected chi connectivity index (χ4v) is 2.32. The van der Waals surface area contributed by atoms with E-state index >= 15 is 0 Å². The normalized spacial score (nSPS) is 10.4. The van der Waals surface area contributed by atoms with E-state index in [-0.39, 0.29) is 5.91 Å². The summed E-state index contributed by atoms with van der Waals surface area (Å²) in [4.78, 5) is 22.7. The van der Waals surface area contributed by atoms with Crippen LogP contribution in [0.1, 0.15) is 9.67 Å². The predicted molar refractivity (Wildman–Crippen MR) is 63.2 cm³/mol. The number of hydrazine groups is 1. The minimum absolute atomic E-state index is 0.0500. The average Bonchev–Trinajstić information content (AvgIpc) is 2.70. The molecule has 0 radical (unpaired) electrons. The Morgan fingerprint density at radius 3 is 2.88 bits per heavy atom. The number of hydrogen-bond donors (Lipinski definition) is 2. The highest BCUT2D eigenvalue weighted by Crippen LogP contribution is 2.28. The molecule has 0 saturated heterocycles. The van der Waals surface area contributed by atoms with Gasteiger partial charge in [-0.25, -0.2) is 15.8 Å². The summed E-state index contributed by atoms with van der Waals surface area (Å²) in [7, 11) is 3.42. The number of anilines is 1. The van der Waals surface area contributed by atoms with E-state index in [1.165, 1.54) is 22.6 Å². The van der Waals surface area contributed by atoms with Gasteiger partial charge in [0.2, 0.25) is 0 Å². The number of rotatable bonds is 2. The number of hydrogen-bond acceptors (Lipinski definition) is 6. The number of nitrogens with two attached hydrogens (primary N) is 1. The van der Waals surface area contributed by atoms with Gasteiger partial charge in [0, 0.05) is 14.1 Å². The highest BCUT2D eigenvalue weighted by Gasteiger charge is 2.14. The molecule has 0 aliphatic carbocycles. The second kappa shape index (κ2) is 4.03. The number of amides is 1. The Balaban J connectivity index is 2.56. The molecule has 2 heterocycles. The van der Waals surface area contributed by atoms with Crippen LogP contribution in [-0.4, -0.2) is 34.9 Å². The van der Waals surface area contributed by atoms with Crippen molar-refractivity contribution in [2.75, 3.05) is 19.5 Å². The van der Waals surface area contributed by atoms with Gasteiger partial charge < -0.3 is 10.3 Å². The number of thiophene rings is 1. The van der Waals surface area contributed by atoms with Crippen LogP contribution in [0.5, 0.6) is 0 Å². The summed E-state index contributed by atoms with van der Waals surface area (Å²) in [5.74, 6) is 5.81. The third-order valence-electron chi connectivity index (χ3n) is 2.08. The van der Waals surface area contributed by atoms with Crippen molar-refractivity contribution in [3.05, 3.63) is 17.3 Å². The first kappa shape index (κ1) is 10.8. The number of carbonyl (C=O) groups is 1. The van der Waals surface area contributed by atoms with Crippen molar-refractivity contribution >= 4 is 33.3 Å². The summed E-state index contributed by atoms with van der Waals surface area (Å²) in [5, 5.41) is 0.764. The number of nitrogens with one attached hydrogen (secondary N) is 1. The molecule has 0 aromatic carbocycles. The first-order chi connectivity index (χ1) is 7.63. The van der Waals surface area contributed by atoms with Crippen LogP contribution in [0.2, 0.25) is 0 Å². The van der Waals surface area contributed by atoms with Crippen LogP contribution in [0.15, 0.2) is 12.4 Å². The smallest absolute Gasteiger partial charge is 0.263 e. The largest absolute Gasteiger partial charge is 0.344 e. The van der Waals surface area contributed by atoms with E-state index < -0.39 is 0 Å². The monoisotopic (exact) mass is 237 g/mol. The van der Waals surface area contributed by atoms with Gasteiger partial charge in [-0.3, -0.25) is 4.79 Å². The van der Waals surface area contributed by atoms with Crippen LogP contribution in [0, 0.1) is 0 Å². The summed E-state index contributed by atoms with van der Waals surface area (Å²) < 4.78 is 0. The van der Waals surface area contributed by atoms with Crippen molar-refractivity contribution in [1.29, 1.82) is 0 Å². The van der Waals surface area contributed by atoms with E-state index in [9.17, 15) is 4.79 Å². The molecule has 1 amide bonds. The number of nitrogens with zero attached hydrogens (tertiary/aromatic N) is 3. The first-order valence-corrected chi connectivity index (χ1v) is 5.38. The van der Waals surface area contributed by atoms with Crippen molar-refractivity contribution in [3.63, 3.8) is 0 Å². The quantitative estimate of drug-likeness (QED) is 0.592. The maximum Gasteiger partial charge on any atom is 0.263 e. The molecule has 0 atom stereocenters. The van der Waals surface area contributed by atoms with Gasteiger partial charge in [-0.05, 0) is 6.07 Å². The van der Waals surface area contributed by atoms with E-state index in [1.807, 2.05) is 0 Å². The van der Waals surface area contributed by atoms with Crippen molar-refractivity contribution in [3.8, 4) is 0 Å². The van der Waals surface area contributed by atoms with Gasteiger partial charge in [-0.2, -0.15) is 0 Å².